The van der Waals surface area contributed by atoms with Gasteiger partial charge in [0.05, 0.1) is 24.5 Å². The molecule has 0 fully saturated rings. The minimum Gasteiger partial charge on any atom is -0.492 e. The summed E-state index contributed by atoms with van der Waals surface area (Å²) < 4.78 is 2.88. The maximum atomic E-state index is 11.0. The van der Waals surface area contributed by atoms with E-state index in [1.165, 1.54) is 41.0 Å². The molecule has 0 amide bonds. The molecule has 1 aliphatic rings. The topological polar surface area (TPSA) is 119 Å². The first-order valence-corrected chi connectivity index (χ1v) is 9.40. The first kappa shape index (κ1) is 17.4. The lowest BCUT2D eigenvalue weighted by molar-refractivity contribution is 0.0697. The molecule has 0 saturated heterocycles. The van der Waals surface area contributed by atoms with E-state index in [1.54, 1.807) is 10.9 Å². The zero-order chi connectivity index (χ0) is 20.0. The van der Waals surface area contributed by atoms with Crippen LogP contribution in [0.15, 0.2) is 36.8 Å². The highest BCUT2D eigenvalue weighted by molar-refractivity contribution is 5.87. The van der Waals surface area contributed by atoms with Gasteiger partial charge in [0.25, 0.3) is 5.95 Å². The van der Waals surface area contributed by atoms with Crippen molar-refractivity contribution in [3.8, 4) is 11.8 Å². The van der Waals surface area contributed by atoms with Gasteiger partial charge in [-0.05, 0) is 42.4 Å². The second-order valence-corrected chi connectivity index (χ2v) is 7.17. The van der Waals surface area contributed by atoms with Gasteiger partial charge < -0.3 is 10.2 Å². The molecule has 1 aliphatic carbocycles. The van der Waals surface area contributed by atoms with Crippen LogP contribution in [0.5, 0.6) is 5.88 Å². The molecular weight excluding hydrogens is 372 g/mol. The highest BCUT2D eigenvalue weighted by Crippen LogP contribution is 2.25. The number of carboxylic acids is 1. The number of carboxylic acid groups (broad SMARTS) is 1. The van der Waals surface area contributed by atoms with Crippen LogP contribution < -0.4 is 0 Å². The zero-order valence-corrected chi connectivity index (χ0v) is 15.5. The van der Waals surface area contributed by atoms with Gasteiger partial charge in [0.15, 0.2) is 0 Å². The predicted octanol–water partition coefficient (Wildman–Crippen LogP) is 2.34. The summed E-state index contributed by atoms with van der Waals surface area (Å²) in [7, 11) is 0. The predicted molar refractivity (Wildman–Crippen MR) is 103 cm³/mol. The van der Waals surface area contributed by atoms with Crippen molar-refractivity contribution in [1.29, 1.82) is 0 Å². The highest BCUT2D eigenvalue weighted by atomic mass is 16.4. The van der Waals surface area contributed by atoms with Crippen molar-refractivity contribution in [3.63, 3.8) is 0 Å². The van der Waals surface area contributed by atoms with Crippen molar-refractivity contribution in [2.75, 3.05) is 0 Å². The summed E-state index contributed by atoms with van der Waals surface area (Å²) in [4.78, 5) is 19.5. The largest absolute Gasteiger partial charge is 0.492 e. The fourth-order valence-electron chi connectivity index (χ4n) is 3.79. The van der Waals surface area contributed by atoms with Gasteiger partial charge in [0, 0.05) is 6.20 Å². The van der Waals surface area contributed by atoms with Gasteiger partial charge in [-0.1, -0.05) is 18.2 Å². The summed E-state index contributed by atoms with van der Waals surface area (Å²) in [5.74, 6) is -1.25. The second-order valence-electron chi connectivity index (χ2n) is 7.17. The SMILES string of the molecule is O=C(O)c1cnn(-c2nc(O)c3c(cnn3Cc3ccc4c(c3)CCCC4)n2)c1. The Labute approximate surface area is 165 Å². The normalized spacial score (nSPS) is 13.5. The lowest BCUT2D eigenvalue weighted by atomic mass is 9.90. The molecular formula is C20H18N6O3. The summed E-state index contributed by atoms with van der Waals surface area (Å²) in [6.07, 6.45) is 8.74. The molecule has 0 aliphatic heterocycles. The summed E-state index contributed by atoms with van der Waals surface area (Å²) >= 11 is 0. The van der Waals surface area contributed by atoms with Gasteiger partial charge in [-0.25, -0.2) is 14.5 Å². The van der Waals surface area contributed by atoms with E-state index in [1.807, 2.05) is 0 Å². The Morgan fingerprint density at radius 2 is 1.90 bits per heavy atom. The lowest BCUT2D eigenvalue weighted by Gasteiger charge is -2.16. The molecule has 0 spiro atoms. The van der Waals surface area contributed by atoms with E-state index in [-0.39, 0.29) is 17.4 Å². The molecule has 0 saturated carbocycles. The van der Waals surface area contributed by atoms with E-state index in [9.17, 15) is 9.90 Å². The molecule has 0 atom stereocenters. The molecule has 2 N–H and O–H groups in total. The number of rotatable bonds is 4. The average molecular weight is 390 g/mol. The molecule has 9 nitrogen and oxygen atoms in total. The van der Waals surface area contributed by atoms with Gasteiger partial charge >= 0.3 is 5.97 Å². The van der Waals surface area contributed by atoms with Crippen molar-refractivity contribution >= 4 is 17.0 Å². The van der Waals surface area contributed by atoms with Crippen LogP contribution in [-0.2, 0) is 19.4 Å². The highest BCUT2D eigenvalue weighted by Gasteiger charge is 2.17. The number of aromatic hydroxyl groups is 1. The number of hydrogen-bond acceptors (Lipinski definition) is 6. The number of aromatic carboxylic acids is 1. The molecule has 1 aromatic carbocycles. The molecule has 146 valence electrons. The molecule has 0 unspecified atom stereocenters. The van der Waals surface area contributed by atoms with Crippen LogP contribution in [0.1, 0.15) is 39.9 Å². The van der Waals surface area contributed by atoms with Crippen molar-refractivity contribution < 1.29 is 15.0 Å². The summed E-state index contributed by atoms with van der Waals surface area (Å²) in [6, 6.07) is 6.49. The number of nitrogens with zero attached hydrogens (tertiary/aromatic N) is 6. The molecule has 0 bridgehead atoms. The number of fused-ring (bicyclic) bond motifs is 2. The maximum absolute atomic E-state index is 11.0. The minimum absolute atomic E-state index is 0.0105. The van der Waals surface area contributed by atoms with Crippen molar-refractivity contribution in [1.82, 2.24) is 29.5 Å². The van der Waals surface area contributed by atoms with Crippen LogP contribution in [0.3, 0.4) is 0 Å². The Morgan fingerprint density at radius 3 is 2.69 bits per heavy atom. The van der Waals surface area contributed by atoms with E-state index in [2.05, 4.69) is 38.4 Å². The molecule has 9 heteroatoms. The number of carbonyl (C=O) groups is 1. The quantitative estimate of drug-likeness (QED) is 0.549. The summed E-state index contributed by atoms with van der Waals surface area (Å²) in [6.45, 7) is 0.498. The van der Waals surface area contributed by atoms with Crippen LogP contribution in [0, 0.1) is 0 Å². The van der Waals surface area contributed by atoms with Crippen LogP contribution >= 0.6 is 0 Å². The third-order valence-electron chi connectivity index (χ3n) is 5.24. The van der Waals surface area contributed by atoms with Crippen LogP contribution in [0.25, 0.3) is 17.0 Å². The molecule has 3 heterocycles. The van der Waals surface area contributed by atoms with Crippen molar-refractivity contribution in [2.24, 2.45) is 0 Å². The van der Waals surface area contributed by atoms with E-state index < -0.39 is 5.97 Å². The first-order valence-electron chi connectivity index (χ1n) is 9.40. The van der Waals surface area contributed by atoms with Gasteiger partial charge in [0.1, 0.15) is 11.0 Å². The average Bonchev–Trinajstić information content (AvgIpc) is 3.36. The standard InChI is InChI=1S/C20H18N6O3/c27-18-17-16(23-20(24-18)26-11-15(8-21-26)19(28)29)9-22-25(17)10-12-5-6-13-3-1-2-4-14(13)7-12/h5-9,11H,1-4,10H2,(H,28,29)(H,23,24,27). The molecule has 29 heavy (non-hydrogen) atoms. The number of aromatic nitrogens is 6. The molecule has 3 aromatic heterocycles. The molecule has 5 rings (SSSR count). The molecule has 4 aromatic rings. The van der Waals surface area contributed by atoms with E-state index in [4.69, 9.17) is 5.11 Å². The molecule has 0 radical (unpaired) electrons. The number of aryl methyl sites for hydroxylation is 2. The summed E-state index contributed by atoms with van der Waals surface area (Å²) in [5.41, 5.74) is 4.81. The Hall–Kier alpha value is -3.75. The Morgan fingerprint density at radius 1 is 1.07 bits per heavy atom. The zero-order valence-electron chi connectivity index (χ0n) is 15.5. The fraction of sp³-hybridized carbons (Fsp3) is 0.250. The van der Waals surface area contributed by atoms with Gasteiger partial charge in [-0.15, -0.1) is 0 Å². The van der Waals surface area contributed by atoms with Crippen molar-refractivity contribution in [3.05, 3.63) is 59.0 Å². The Balaban J connectivity index is 1.49. The lowest BCUT2D eigenvalue weighted by Crippen LogP contribution is -2.07. The fourth-order valence-corrected chi connectivity index (χ4v) is 3.79. The maximum Gasteiger partial charge on any atom is 0.338 e. The summed E-state index contributed by atoms with van der Waals surface area (Å²) in [5, 5.41) is 27.8. The second kappa shape index (κ2) is 6.69. The van der Waals surface area contributed by atoms with Crippen LogP contribution in [0.4, 0.5) is 0 Å². The first-order chi connectivity index (χ1) is 14.1. The number of hydrogen-bond donors (Lipinski definition) is 2. The van der Waals surface area contributed by atoms with E-state index in [0.717, 1.165) is 18.4 Å². The van der Waals surface area contributed by atoms with Crippen LogP contribution in [-0.4, -0.2) is 45.7 Å². The minimum atomic E-state index is -1.10. The van der Waals surface area contributed by atoms with E-state index in [0.29, 0.717) is 17.6 Å². The van der Waals surface area contributed by atoms with Crippen molar-refractivity contribution in [2.45, 2.75) is 32.2 Å². The van der Waals surface area contributed by atoms with Gasteiger partial charge in [-0.3, -0.25) is 4.68 Å². The van der Waals surface area contributed by atoms with E-state index >= 15 is 0 Å². The number of benzene rings is 1. The Bertz CT molecular complexity index is 1240. The third kappa shape index (κ3) is 3.10. The smallest absolute Gasteiger partial charge is 0.338 e. The van der Waals surface area contributed by atoms with Gasteiger partial charge in [0.2, 0.25) is 5.88 Å². The van der Waals surface area contributed by atoms with Crippen LogP contribution in [0.2, 0.25) is 0 Å². The van der Waals surface area contributed by atoms with Gasteiger partial charge in [-0.2, -0.15) is 15.2 Å². The Kier molecular flexibility index (Phi) is 4.01. The third-order valence-corrected chi connectivity index (χ3v) is 5.24. The monoisotopic (exact) mass is 390 g/mol.